The molecule has 2 N–H and O–H groups in total. The van der Waals surface area contributed by atoms with Crippen LogP contribution in [0, 0.1) is 0 Å². The van der Waals surface area contributed by atoms with E-state index in [0.29, 0.717) is 17.1 Å². The molecule has 0 unspecified atom stereocenters. The van der Waals surface area contributed by atoms with Crippen LogP contribution >= 0.6 is 8.46 Å². The molecule has 4 aromatic rings. The average Bonchev–Trinajstić information content (AvgIpc) is 3.19. The van der Waals surface area contributed by atoms with Crippen LogP contribution in [0.4, 0.5) is 11.6 Å². The van der Waals surface area contributed by atoms with Crippen LogP contribution in [0.5, 0.6) is 5.88 Å². The van der Waals surface area contributed by atoms with E-state index in [2.05, 4.69) is 39.1 Å². The second-order valence-corrected chi connectivity index (χ2v) is 8.13. The van der Waals surface area contributed by atoms with Crippen LogP contribution in [0.25, 0.3) is 27.8 Å². The topological polar surface area (TPSA) is 95.5 Å². The van der Waals surface area contributed by atoms with Crippen molar-refractivity contribution in [1.82, 2.24) is 14.5 Å². The summed E-state index contributed by atoms with van der Waals surface area (Å²) < 4.78 is 24.1. The highest BCUT2D eigenvalue weighted by Crippen LogP contribution is 2.30. The van der Waals surface area contributed by atoms with Crippen molar-refractivity contribution in [2.75, 3.05) is 44.0 Å². The van der Waals surface area contributed by atoms with Gasteiger partial charge in [0.05, 0.1) is 31.4 Å². The molecule has 0 bridgehead atoms. The number of benzene rings is 2. The fraction of sp³-hybridized carbons (Fsp3) is 0.217. The zero-order valence-corrected chi connectivity index (χ0v) is 18.5. The number of nitrogens with zero attached hydrogens (tertiary/aromatic N) is 4. The van der Waals surface area contributed by atoms with E-state index >= 15 is 0 Å². The van der Waals surface area contributed by atoms with E-state index < -0.39 is 0 Å². The first-order chi connectivity index (χ1) is 15.7. The second kappa shape index (κ2) is 8.57. The first-order valence-corrected chi connectivity index (χ1v) is 11.1. The van der Waals surface area contributed by atoms with Crippen molar-refractivity contribution in [3.8, 4) is 22.7 Å². The minimum Gasteiger partial charge on any atom is -0.480 e. The highest BCUT2D eigenvalue weighted by molar-refractivity contribution is 7.34. The van der Waals surface area contributed by atoms with Gasteiger partial charge in [-0.15, -0.1) is 0 Å². The van der Waals surface area contributed by atoms with Crippen LogP contribution in [0.2, 0.25) is 0 Å². The number of anilines is 2. The van der Waals surface area contributed by atoms with Gasteiger partial charge < -0.3 is 20.1 Å². The summed E-state index contributed by atoms with van der Waals surface area (Å²) in [5.41, 5.74) is 11.8. The number of methoxy groups -OCH3 is 1. The van der Waals surface area contributed by atoms with Crippen molar-refractivity contribution >= 4 is 36.4 Å². The number of nitrogen functional groups attached to an aromatic ring is 1. The number of pyridine rings is 1. The van der Waals surface area contributed by atoms with E-state index in [1.54, 1.807) is 6.20 Å². The number of ether oxygens (including phenoxy) is 2. The zero-order valence-electron chi connectivity index (χ0n) is 17.6. The Kier molecular flexibility index (Phi) is 5.47. The lowest BCUT2D eigenvalue weighted by Gasteiger charge is -2.29. The maximum absolute atomic E-state index is 11.5. The molecule has 0 atom stereocenters. The van der Waals surface area contributed by atoms with Gasteiger partial charge in [0.15, 0.2) is 8.46 Å². The van der Waals surface area contributed by atoms with Gasteiger partial charge >= 0.3 is 0 Å². The Hall–Kier alpha value is -3.48. The number of morpholine rings is 1. The molecule has 0 radical (unpaired) electrons. The maximum atomic E-state index is 11.5. The average molecular weight is 447 g/mol. The summed E-state index contributed by atoms with van der Waals surface area (Å²) in [5, 5.41) is 0.497. The molecule has 5 rings (SSSR count). The molecule has 2 aromatic heterocycles. The summed E-state index contributed by atoms with van der Waals surface area (Å²) in [6, 6.07) is 16.0. The largest absolute Gasteiger partial charge is 0.480 e. The summed E-state index contributed by atoms with van der Waals surface area (Å²) in [4.78, 5) is 11.1. The summed E-state index contributed by atoms with van der Waals surface area (Å²) in [5.74, 6) is 0.768. The molecule has 9 heteroatoms. The van der Waals surface area contributed by atoms with Gasteiger partial charge in [0.25, 0.3) is 0 Å². The van der Waals surface area contributed by atoms with Crippen LogP contribution in [0.1, 0.15) is 0 Å². The number of hydrogen-bond donors (Lipinski definition) is 1. The first kappa shape index (κ1) is 20.4. The second-order valence-electron chi connectivity index (χ2n) is 7.47. The van der Waals surface area contributed by atoms with E-state index in [9.17, 15) is 4.57 Å². The molecule has 2 aromatic carbocycles. The van der Waals surface area contributed by atoms with Gasteiger partial charge in [-0.05, 0) is 48.0 Å². The molecular weight excluding hydrogens is 425 g/mol. The number of nitrogens with two attached hydrogens (primary N) is 1. The maximum Gasteiger partial charge on any atom is 0.228 e. The standard InChI is InChI=1S/C23H22N5O3P/c1-30-22-21(32-29)13-16(14-25-22)15-2-7-19-20(12-15)28(23(24)26-19)18-5-3-17(4-6-18)27-8-10-31-11-9-27/h2-7,12-14H,8-11H2,1H3,(H2,24,26). The van der Waals surface area contributed by atoms with Gasteiger partial charge in [-0.3, -0.25) is 9.13 Å². The lowest BCUT2D eigenvalue weighted by molar-refractivity contribution is 0.122. The monoisotopic (exact) mass is 447 g/mol. The van der Waals surface area contributed by atoms with Crippen LogP contribution in [-0.2, 0) is 9.30 Å². The molecule has 0 spiro atoms. The quantitative estimate of drug-likeness (QED) is 0.468. The van der Waals surface area contributed by atoms with E-state index in [1.165, 1.54) is 7.11 Å². The fourth-order valence-electron chi connectivity index (χ4n) is 4.00. The molecule has 0 saturated carbocycles. The van der Waals surface area contributed by atoms with E-state index in [1.807, 2.05) is 28.8 Å². The highest BCUT2D eigenvalue weighted by atomic mass is 31.1. The van der Waals surface area contributed by atoms with Crippen molar-refractivity contribution in [1.29, 1.82) is 0 Å². The molecule has 0 aliphatic carbocycles. The normalized spacial score (nSPS) is 14.2. The Bertz CT molecular complexity index is 1280. The molecule has 8 nitrogen and oxygen atoms in total. The Morgan fingerprint density at radius 1 is 1.03 bits per heavy atom. The van der Waals surface area contributed by atoms with Crippen molar-refractivity contribution in [2.24, 2.45) is 0 Å². The lowest BCUT2D eigenvalue weighted by Crippen LogP contribution is -2.36. The summed E-state index contributed by atoms with van der Waals surface area (Å²) in [7, 11) is 1.37. The van der Waals surface area contributed by atoms with Gasteiger partial charge in [-0.25, -0.2) is 9.97 Å². The number of fused-ring (bicyclic) bond motifs is 1. The smallest absolute Gasteiger partial charge is 0.228 e. The number of hydrogen-bond acceptors (Lipinski definition) is 7. The minimum absolute atomic E-state index is 0.143. The number of imidazole rings is 1. The Balaban J connectivity index is 1.54. The van der Waals surface area contributed by atoms with Crippen LogP contribution < -0.4 is 20.7 Å². The van der Waals surface area contributed by atoms with Crippen LogP contribution in [0.3, 0.4) is 0 Å². The third kappa shape index (κ3) is 3.68. The van der Waals surface area contributed by atoms with Crippen molar-refractivity contribution < 1.29 is 14.0 Å². The molecule has 162 valence electrons. The van der Waals surface area contributed by atoms with Crippen molar-refractivity contribution in [3.05, 3.63) is 54.7 Å². The van der Waals surface area contributed by atoms with Crippen LogP contribution in [-0.4, -0.2) is 47.9 Å². The van der Waals surface area contributed by atoms with E-state index in [0.717, 1.165) is 59.8 Å². The Morgan fingerprint density at radius 2 is 1.78 bits per heavy atom. The van der Waals surface area contributed by atoms with Crippen molar-refractivity contribution in [3.63, 3.8) is 0 Å². The zero-order chi connectivity index (χ0) is 22.1. The van der Waals surface area contributed by atoms with Gasteiger partial charge in [-0.2, -0.15) is 0 Å². The summed E-state index contributed by atoms with van der Waals surface area (Å²) >= 11 is 0. The van der Waals surface area contributed by atoms with Crippen LogP contribution in [0.15, 0.2) is 54.7 Å². The first-order valence-electron chi connectivity index (χ1n) is 10.3. The van der Waals surface area contributed by atoms with Crippen molar-refractivity contribution in [2.45, 2.75) is 0 Å². The SMILES string of the molecule is COc1ncc(-c2ccc3nc(N)n(-c4ccc(N5CCOCC5)cc4)c3c2)cc1P=O. The Labute approximate surface area is 186 Å². The summed E-state index contributed by atoms with van der Waals surface area (Å²) in [6.45, 7) is 3.27. The molecular formula is C23H22N5O3P. The molecule has 1 aliphatic rings. The van der Waals surface area contributed by atoms with Gasteiger partial charge in [0.2, 0.25) is 11.8 Å². The lowest BCUT2D eigenvalue weighted by atomic mass is 10.1. The minimum atomic E-state index is -0.143. The number of rotatable bonds is 5. The van der Waals surface area contributed by atoms with E-state index in [-0.39, 0.29) is 8.46 Å². The van der Waals surface area contributed by atoms with E-state index in [4.69, 9.17) is 15.2 Å². The fourth-order valence-corrected chi connectivity index (χ4v) is 4.42. The summed E-state index contributed by atoms with van der Waals surface area (Å²) in [6.07, 6.45) is 1.70. The highest BCUT2D eigenvalue weighted by Gasteiger charge is 2.15. The Morgan fingerprint density at radius 3 is 2.50 bits per heavy atom. The molecule has 3 heterocycles. The molecule has 1 aliphatic heterocycles. The molecule has 32 heavy (non-hydrogen) atoms. The molecule has 0 amide bonds. The van der Waals surface area contributed by atoms with Gasteiger partial charge in [0.1, 0.15) is 5.30 Å². The molecule has 1 fully saturated rings. The molecule has 1 saturated heterocycles. The predicted octanol–water partition coefficient (Wildman–Crippen LogP) is 3.43. The van der Waals surface area contributed by atoms with Gasteiger partial charge in [-0.1, -0.05) is 6.07 Å². The third-order valence-electron chi connectivity index (χ3n) is 5.62. The predicted molar refractivity (Wildman–Crippen MR) is 126 cm³/mol. The van der Waals surface area contributed by atoms with Gasteiger partial charge in [0, 0.05) is 36.2 Å². The third-order valence-corrected chi connectivity index (χ3v) is 6.14. The number of aromatic nitrogens is 3.